The average molecular weight is 400 g/mol. The van der Waals surface area contributed by atoms with Crippen molar-refractivity contribution in [1.29, 1.82) is 0 Å². The van der Waals surface area contributed by atoms with E-state index in [2.05, 4.69) is 39.8 Å². The molecule has 0 radical (unpaired) electrons. The zero-order chi connectivity index (χ0) is 20.7. The van der Waals surface area contributed by atoms with Crippen LogP contribution in [-0.4, -0.2) is 72.4 Å². The Morgan fingerprint density at radius 1 is 0.964 bits per heavy atom. The molecule has 2 saturated heterocycles. The first-order valence-electron chi connectivity index (χ1n) is 11.7. The third-order valence-corrected chi connectivity index (χ3v) is 7.15. The van der Waals surface area contributed by atoms with Crippen LogP contribution in [0.1, 0.15) is 78.6 Å². The Morgan fingerprint density at radius 3 is 2.14 bits per heavy atom. The molecule has 5 nitrogen and oxygen atoms in total. The molecule has 2 heterocycles. The number of hydrogen-bond acceptors (Lipinski definition) is 5. The smallest absolute Gasteiger partial charge is 0.0630 e. The highest BCUT2D eigenvalue weighted by Gasteiger charge is 2.37. The topological polar surface area (TPSA) is 62.2 Å². The predicted octanol–water partition coefficient (Wildman–Crippen LogP) is 3.61. The van der Waals surface area contributed by atoms with E-state index in [0.29, 0.717) is 18.6 Å². The molecule has 2 N–H and O–H groups in total. The second kappa shape index (κ2) is 11.8. The maximum atomic E-state index is 10.8. The van der Waals surface area contributed by atoms with Gasteiger partial charge in [-0.15, -0.1) is 0 Å². The maximum absolute atomic E-state index is 10.8. The van der Waals surface area contributed by atoms with Crippen molar-refractivity contribution in [1.82, 2.24) is 4.90 Å². The molecule has 0 bridgehead atoms. The second-order valence-corrected chi connectivity index (χ2v) is 9.40. The van der Waals surface area contributed by atoms with E-state index in [4.69, 9.17) is 9.47 Å². The van der Waals surface area contributed by atoms with Crippen LogP contribution in [-0.2, 0) is 9.47 Å². The first-order chi connectivity index (χ1) is 13.4. The summed E-state index contributed by atoms with van der Waals surface area (Å²) in [6.45, 7) is 6.66. The summed E-state index contributed by atoms with van der Waals surface area (Å²) in [5.41, 5.74) is 0. The van der Waals surface area contributed by atoms with E-state index in [-0.39, 0.29) is 42.9 Å². The van der Waals surface area contributed by atoms with Gasteiger partial charge in [0.1, 0.15) is 0 Å². The van der Waals surface area contributed by atoms with Crippen LogP contribution in [0.4, 0.5) is 0 Å². The molecule has 2 rings (SSSR count). The van der Waals surface area contributed by atoms with Gasteiger partial charge in [-0.25, -0.2) is 0 Å². The lowest BCUT2D eigenvalue weighted by Crippen LogP contribution is -2.35. The zero-order valence-corrected chi connectivity index (χ0v) is 18.8. The zero-order valence-electron chi connectivity index (χ0n) is 18.8. The van der Waals surface area contributed by atoms with Crippen LogP contribution in [0, 0.1) is 11.8 Å². The van der Waals surface area contributed by atoms with Crippen molar-refractivity contribution >= 4 is 0 Å². The Hall–Kier alpha value is -0.200. The van der Waals surface area contributed by atoms with E-state index < -0.39 is 0 Å². The van der Waals surface area contributed by atoms with Gasteiger partial charge < -0.3 is 24.6 Å². The number of aliphatic hydroxyl groups is 2. The van der Waals surface area contributed by atoms with Crippen LogP contribution in [0.25, 0.3) is 0 Å². The summed E-state index contributed by atoms with van der Waals surface area (Å²) < 4.78 is 12.5. The average Bonchev–Trinajstić information content (AvgIpc) is 3.31. The number of rotatable bonds is 12. The molecule has 0 saturated carbocycles. The number of nitrogens with zero attached hydrogens (tertiary/aromatic N) is 1. The van der Waals surface area contributed by atoms with Crippen LogP contribution >= 0.6 is 0 Å². The Kier molecular flexibility index (Phi) is 10.2. The summed E-state index contributed by atoms with van der Waals surface area (Å²) in [6.07, 6.45) is 9.61. The Morgan fingerprint density at radius 2 is 1.57 bits per heavy atom. The summed E-state index contributed by atoms with van der Waals surface area (Å²) in [4.78, 5) is 2.32. The van der Waals surface area contributed by atoms with Gasteiger partial charge in [-0.3, -0.25) is 0 Å². The maximum Gasteiger partial charge on any atom is 0.0630 e. The van der Waals surface area contributed by atoms with Gasteiger partial charge in [0.2, 0.25) is 0 Å². The minimum absolute atomic E-state index is 0.114. The molecule has 166 valence electrons. The number of ether oxygens (including phenoxy) is 2. The number of aliphatic hydroxyl groups excluding tert-OH is 2. The standard InChI is InChI=1S/C23H45NO4/c1-6-8-18(24(4)5)13-19-9-11-22(27-19)16(3)21(26)14-20-10-12-23(28-20)17(7-2)15-25/h16-23,25-26H,6-15H2,1-5H3. The van der Waals surface area contributed by atoms with E-state index >= 15 is 0 Å². The van der Waals surface area contributed by atoms with Gasteiger partial charge in [-0.1, -0.05) is 27.2 Å². The largest absolute Gasteiger partial charge is 0.396 e. The predicted molar refractivity (Wildman–Crippen MR) is 113 cm³/mol. The molecule has 8 atom stereocenters. The highest BCUT2D eigenvalue weighted by Crippen LogP contribution is 2.34. The normalized spacial score (nSPS) is 32.6. The van der Waals surface area contributed by atoms with Gasteiger partial charge >= 0.3 is 0 Å². The van der Waals surface area contributed by atoms with E-state index in [1.165, 1.54) is 12.8 Å². The van der Waals surface area contributed by atoms with E-state index in [9.17, 15) is 10.2 Å². The van der Waals surface area contributed by atoms with Crippen LogP contribution in [0.5, 0.6) is 0 Å². The van der Waals surface area contributed by atoms with Crippen molar-refractivity contribution < 1.29 is 19.7 Å². The van der Waals surface area contributed by atoms with Gasteiger partial charge in [-0.05, 0) is 65.5 Å². The lowest BCUT2D eigenvalue weighted by molar-refractivity contribution is -0.0621. The van der Waals surface area contributed by atoms with E-state index in [0.717, 1.165) is 38.5 Å². The highest BCUT2D eigenvalue weighted by atomic mass is 16.5. The van der Waals surface area contributed by atoms with Crippen molar-refractivity contribution in [2.45, 2.75) is 115 Å². The summed E-state index contributed by atoms with van der Waals surface area (Å²) in [5, 5.41) is 20.3. The fraction of sp³-hybridized carbons (Fsp3) is 1.00. The van der Waals surface area contributed by atoms with Crippen LogP contribution in [0.15, 0.2) is 0 Å². The lowest BCUT2D eigenvalue weighted by atomic mass is 9.91. The Labute approximate surface area is 172 Å². The van der Waals surface area contributed by atoms with Gasteiger partial charge in [0, 0.05) is 24.5 Å². The fourth-order valence-corrected chi connectivity index (χ4v) is 5.01. The van der Waals surface area contributed by atoms with Gasteiger partial charge in [0.05, 0.1) is 30.5 Å². The first-order valence-corrected chi connectivity index (χ1v) is 11.7. The molecule has 0 aromatic heterocycles. The van der Waals surface area contributed by atoms with Crippen LogP contribution in [0.2, 0.25) is 0 Å². The van der Waals surface area contributed by atoms with E-state index in [1.54, 1.807) is 0 Å². The minimum Gasteiger partial charge on any atom is -0.396 e. The minimum atomic E-state index is -0.387. The molecule has 28 heavy (non-hydrogen) atoms. The van der Waals surface area contributed by atoms with Crippen molar-refractivity contribution in [3.8, 4) is 0 Å². The molecule has 0 spiro atoms. The molecular formula is C23H45NO4. The molecule has 0 aliphatic carbocycles. The Bertz CT molecular complexity index is 429. The summed E-state index contributed by atoms with van der Waals surface area (Å²) in [7, 11) is 4.32. The molecule has 0 amide bonds. The number of hydrogen-bond donors (Lipinski definition) is 2. The van der Waals surface area contributed by atoms with E-state index in [1.807, 2.05) is 0 Å². The third-order valence-electron chi connectivity index (χ3n) is 7.15. The second-order valence-electron chi connectivity index (χ2n) is 9.40. The van der Waals surface area contributed by atoms with Crippen molar-refractivity contribution in [3.05, 3.63) is 0 Å². The summed E-state index contributed by atoms with van der Waals surface area (Å²) >= 11 is 0. The molecule has 0 aromatic rings. The van der Waals surface area contributed by atoms with Crippen molar-refractivity contribution in [2.75, 3.05) is 20.7 Å². The third kappa shape index (κ3) is 6.66. The molecule has 8 unspecified atom stereocenters. The first kappa shape index (κ1) is 24.1. The summed E-state index contributed by atoms with van der Waals surface area (Å²) in [6, 6.07) is 0.579. The molecule has 2 aliphatic heterocycles. The van der Waals surface area contributed by atoms with Crippen LogP contribution < -0.4 is 0 Å². The molecular weight excluding hydrogens is 354 g/mol. The van der Waals surface area contributed by atoms with Gasteiger partial charge in [-0.2, -0.15) is 0 Å². The monoisotopic (exact) mass is 399 g/mol. The SMILES string of the molecule is CCCC(CC1CCC(C(C)C(O)CC2CCC(C(CC)CO)O2)O1)N(C)C. The molecule has 2 aliphatic rings. The van der Waals surface area contributed by atoms with Gasteiger partial charge in [0.15, 0.2) is 0 Å². The molecule has 2 fully saturated rings. The fourth-order valence-electron chi connectivity index (χ4n) is 5.01. The van der Waals surface area contributed by atoms with Crippen LogP contribution in [0.3, 0.4) is 0 Å². The van der Waals surface area contributed by atoms with Crippen molar-refractivity contribution in [3.63, 3.8) is 0 Å². The summed E-state index contributed by atoms with van der Waals surface area (Å²) in [5.74, 6) is 0.364. The molecule has 5 heteroatoms. The highest BCUT2D eigenvalue weighted by molar-refractivity contribution is 4.86. The quantitative estimate of drug-likeness (QED) is 0.525. The molecule has 0 aromatic carbocycles. The lowest BCUT2D eigenvalue weighted by Gasteiger charge is -2.29. The van der Waals surface area contributed by atoms with Crippen molar-refractivity contribution in [2.24, 2.45) is 11.8 Å². The Balaban J connectivity index is 1.77. The van der Waals surface area contributed by atoms with Gasteiger partial charge in [0.25, 0.3) is 0 Å².